The van der Waals surface area contributed by atoms with E-state index >= 15 is 0 Å². The van der Waals surface area contributed by atoms with Gasteiger partial charge >= 0.3 is 0 Å². The van der Waals surface area contributed by atoms with Crippen LogP contribution in [-0.2, 0) is 16.6 Å². The van der Waals surface area contributed by atoms with Crippen LogP contribution in [-0.4, -0.2) is 35.0 Å². The molecule has 0 radical (unpaired) electrons. The largest absolute Gasteiger partial charge is 0.263 e. The fourth-order valence-corrected chi connectivity index (χ4v) is 3.06. The van der Waals surface area contributed by atoms with Crippen LogP contribution in [0.3, 0.4) is 0 Å². The topological polar surface area (TPSA) is 103 Å². The Labute approximate surface area is 123 Å². The fraction of sp³-hybridized carbons (Fsp3) is 0.308. The average Bonchev–Trinajstić information content (AvgIpc) is 2.83. The molecule has 0 bridgehead atoms. The SMILES string of the molecule is Cc1nc(CN(C)S(=O)(=O)c2ccc(C#N)c(C)c2)n[nH]1. The van der Waals surface area contributed by atoms with Crippen molar-refractivity contribution in [2.45, 2.75) is 25.3 Å². The molecule has 0 aliphatic carbocycles. The van der Waals surface area contributed by atoms with Gasteiger partial charge in [-0.15, -0.1) is 0 Å². The third-order valence-corrected chi connectivity index (χ3v) is 4.83. The highest BCUT2D eigenvalue weighted by molar-refractivity contribution is 7.89. The van der Waals surface area contributed by atoms with E-state index in [0.29, 0.717) is 22.8 Å². The molecule has 2 rings (SSSR count). The molecule has 1 heterocycles. The zero-order valence-electron chi connectivity index (χ0n) is 12.0. The lowest BCUT2D eigenvalue weighted by atomic mass is 10.1. The van der Waals surface area contributed by atoms with Gasteiger partial charge in [-0.2, -0.15) is 14.7 Å². The van der Waals surface area contributed by atoms with E-state index in [4.69, 9.17) is 5.26 Å². The van der Waals surface area contributed by atoms with Crippen molar-refractivity contribution in [3.8, 4) is 6.07 Å². The second kappa shape index (κ2) is 5.63. The Bertz CT molecular complexity index is 804. The minimum Gasteiger partial charge on any atom is -0.263 e. The standard InChI is InChI=1S/C13H15N5O2S/c1-9-6-12(5-4-11(9)7-14)21(19,20)18(3)8-13-15-10(2)16-17-13/h4-6H,8H2,1-3H3,(H,15,16,17). The van der Waals surface area contributed by atoms with Gasteiger partial charge in [-0.25, -0.2) is 13.4 Å². The highest BCUT2D eigenvalue weighted by Gasteiger charge is 2.22. The molecule has 0 saturated heterocycles. The molecule has 110 valence electrons. The predicted molar refractivity (Wildman–Crippen MR) is 75.7 cm³/mol. The molecule has 0 atom stereocenters. The number of hydrogen-bond acceptors (Lipinski definition) is 5. The lowest BCUT2D eigenvalue weighted by molar-refractivity contribution is 0.457. The van der Waals surface area contributed by atoms with Crippen LogP contribution >= 0.6 is 0 Å². The maximum Gasteiger partial charge on any atom is 0.243 e. The van der Waals surface area contributed by atoms with E-state index in [9.17, 15) is 8.42 Å². The second-order valence-electron chi connectivity index (χ2n) is 4.69. The van der Waals surface area contributed by atoms with Gasteiger partial charge in [0.1, 0.15) is 5.82 Å². The van der Waals surface area contributed by atoms with Crippen LogP contribution in [0.5, 0.6) is 0 Å². The van der Waals surface area contributed by atoms with Crippen molar-refractivity contribution in [3.05, 3.63) is 41.0 Å². The van der Waals surface area contributed by atoms with Gasteiger partial charge in [-0.05, 0) is 37.6 Å². The number of H-pyrrole nitrogens is 1. The summed E-state index contributed by atoms with van der Waals surface area (Å²) >= 11 is 0. The van der Waals surface area contributed by atoms with Crippen LogP contribution in [0.4, 0.5) is 0 Å². The Morgan fingerprint density at radius 3 is 2.62 bits per heavy atom. The Balaban J connectivity index is 2.29. The summed E-state index contributed by atoms with van der Waals surface area (Å²) in [5.41, 5.74) is 1.09. The molecule has 0 amide bonds. The number of rotatable bonds is 4. The predicted octanol–water partition coefficient (Wildman–Crippen LogP) is 1.11. The summed E-state index contributed by atoms with van der Waals surface area (Å²) in [6.07, 6.45) is 0. The normalized spacial score (nSPS) is 11.6. The molecule has 1 aromatic heterocycles. The van der Waals surface area contributed by atoms with E-state index in [1.54, 1.807) is 13.8 Å². The van der Waals surface area contributed by atoms with Crippen LogP contribution in [0.1, 0.15) is 22.8 Å². The van der Waals surface area contributed by atoms with Crippen LogP contribution < -0.4 is 0 Å². The van der Waals surface area contributed by atoms with Gasteiger partial charge in [-0.1, -0.05) is 0 Å². The first-order valence-corrected chi connectivity index (χ1v) is 7.63. The lowest BCUT2D eigenvalue weighted by Gasteiger charge is -2.16. The van der Waals surface area contributed by atoms with Gasteiger partial charge in [0, 0.05) is 7.05 Å². The first-order valence-electron chi connectivity index (χ1n) is 6.19. The number of nitrogens with one attached hydrogen (secondary N) is 1. The highest BCUT2D eigenvalue weighted by atomic mass is 32.2. The van der Waals surface area contributed by atoms with Crippen molar-refractivity contribution in [2.24, 2.45) is 0 Å². The van der Waals surface area contributed by atoms with Crippen LogP contribution in [0.15, 0.2) is 23.1 Å². The number of aryl methyl sites for hydroxylation is 2. The molecule has 0 unspecified atom stereocenters. The highest BCUT2D eigenvalue weighted by Crippen LogP contribution is 2.19. The summed E-state index contributed by atoms with van der Waals surface area (Å²) in [5, 5.41) is 15.5. The third-order valence-electron chi connectivity index (χ3n) is 3.03. The fourth-order valence-electron chi connectivity index (χ4n) is 1.85. The number of sulfonamides is 1. The Hall–Kier alpha value is -2.24. The lowest BCUT2D eigenvalue weighted by Crippen LogP contribution is -2.27. The van der Waals surface area contributed by atoms with Gasteiger partial charge in [0.15, 0.2) is 5.82 Å². The Morgan fingerprint density at radius 2 is 2.10 bits per heavy atom. The van der Waals surface area contributed by atoms with Crippen molar-refractivity contribution in [1.82, 2.24) is 19.5 Å². The van der Waals surface area contributed by atoms with Crippen LogP contribution in [0.25, 0.3) is 0 Å². The molecule has 2 aromatic rings. The van der Waals surface area contributed by atoms with Gasteiger partial charge in [0.25, 0.3) is 0 Å². The van der Waals surface area contributed by atoms with Crippen molar-refractivity contribution in [3.63, 3.8) is 0 Å². The van der Waals surface area contributed by atoms with E-state index in [1.165, 1.54) is 29.6 Å². The zero-order chi connectivity index (χ0) is 15.6. The molecule has 0 aliphatic heterocycles. The molecule has 1 N–H and O–H groups in total. The van der Waals surface area contributed by atoms with E-state index in [0.717, 1.165) is 0 Å². The number of aromatic nitrogens is 3. The molecule has 0 saturated carbocycles. The minimum atomic E-state index is -3.65. The summed E-state index contributed by atoms with van der Waals surface area (Å²) in [7, 11) is -2.18. The van der Waals surface area contributed by atoms with Crippen LogP contribution in [0, 0.1) is 25.2 Å². The average molecular weight is 305 g/mol. The zero-order valence-corrected chi connectivity index (χ0v) is 12.8. The Kier molecular flexibility index (Phi) is 4.06. The van der Waals surface area contributed by atoms with Crippen molar-refractivity contribution >= 4 is 10.0 Å². The van der Waals surface area contributed by atoms with Gasteiger partial charge < -0.3 is 0 Å². The van der Waals surface area contributed by atoms with Gasteiger partial charge in [-0.3, -0.25) is 5.10 Å². The van der Waals surface area contributed by atoms with E-state index in [-0.39, 0.29) is 11.4 Å². The number of benzene rings is 1. The minimum absolute atomic E-state index is 0.0751. The summed E-state index contributed by atoms with van der Waals surface area (Å²) < 4.78 is 26.1. The third kappa shape index (κ3) is 3.09. The monoisotopic (exact) mass is 305 g/mol. The van der Waals surface area contributed by atoms with Gasteiger partial charge in [0.2, 0.25) is 10.0 Å². The molecule has 0 spiro atoms. The number of aromatic amines is 1. The summed E-state index contributed by atoms with van der Waals surface area (Å²) in [6.45, 7) is 3.52. The smallest absolute Gasteiger partial charge is 0.243 e. The number of nitrogens with zero attached hydrogens (tertiary/aromatic N) is 4. The molecule has 7 nitrogen and oxygen atoms in total. The molecule has 0 fully saturated rings. The van der Waals surface area contributed by atoms with E-state index in [2.05, 4.69) is 15.2 Å². The molecule has 21 heavy (non-hydrogen) atoms. The number of hydrogen-bond donors (Lipinski definition) is 1. The first-order chi connectivity index (χ1) is 9.84. The molecule has 8 heteroatoms. The summed E-state index contributed by atoms with van der Waals surface area (Å²) in [6, 6.07) is 6.44. The van der Waals surface area contributed by atoms with Crippen LogP contribution in [0.2, 0.25) is 0 Å². The number of nitriles is 1. The Morgan fingerprint density at radius 1 is 1.38 bits per heavy atom. The summed E-state index contributed by atoms with van der Waals surface area (Å²) in [4.78, 5) is 4.23. The second-order valence-corrected chi connectivity index (χ2v) is 6.73. The molecular weight excluding hydrogens is 290 g/mol. The molecular formula is C13H15N5O2S. The van der Waals surface area contributed by atoms with E-state index < -0.39 is 10.0 Å². The molecule has 0 aliphatic rings. The van der Waals surface area contributed by atoms with Crippen molar-refractivity contribution in [1.29, 1.82) is 5.26 Å². The van der Waals surface area contributed by atoms with Gasteiger partial charge in [0.05, 0.1) is 23.1 Å². The maximum atomic E-state index is 12.5. The summed E-state index contributed by atoms with van der Waals surface area (Å²) in [5.74, 6) is 1.04. The maximum absolute atomic E-state index is 12.5. The first kappa shape index (κ1) is 15.2. The molecule has 1 aromatic carbocycles. The quantitative estimate of drug-likeness (QED) is 0.911. The van der Waals surface area contributed by atoms with Crippen molar-refractivity contribution < 1.29 is 8.42 Å². The van der Waals surface area contributed by atoms with E-state index in [1.807, 2.05) is 6.07 Å². The van der Waals surface area contributed by atoms with Crippen molar-refractivity contribution in [2.75, 3.05) is 7.05 Å².